The molecule has 13 heavy (non-hydrogen) atoms. The molecule has 0 aliphatic heterocycles. The van der Waals surface area contributed by atoms with E-state index in [4.69, 9.17) is 0 Å². The van der Waals surface area contributed by atoms with E-state index in [1.54, 1.807) is 0 Å². The molecule has 0 spiro atoms. The Morgan fingerprint density at radius 2 is 1.46 bits per heavy atom. The zero-order valence-electron chi connectivity index (χ0n) is 8.01. The zero-order chi connectivity index (χ0) is 9.23. The number of rotatable bonds is 8. The van der Waals surface area contributed by atoms with Crippen LogP contribution in [0.25, 0.3) is 0 Å². The van der Waals surface area contributed by atoms with Crippen LogP contribution in [0.5, 0.6) is 0 Å². The molecule has 0 N–H and O–H groups in total. The molecule has 0 saturated carbocycles. The Morgan fingerprint density at radius 1 is 1.00 bits per heavy atom. The van der Waals surface area contributed by atoms with Crippen molar-refractivity contribution in [2.45, 2.75) is 58.3 Å². The van der Waals surface area contributed by atoms with Crippen LogP contribution in [0.15, 0.2) is 0 Å². The molecule has 74 valence electrons. The number of hydrogen-bond acceptors (Lipinski definition) is 1. The average molecular weight is 212 g/mol. The van der Waals surface area contributed by atoms with Crippen LogP contribution in [0.4, 0.5) is 0 Å². The molecule has 0 unspecified atom stereocenters. The van der Waals surface area contributed by atoms with Crippen molar-refractivity contribution in [2.24, 2.45) is 0 Å². The van der Waals surface area contributed by atoms with Crippen molar-refractivity contribution in [3.63, 3.8) is 0 Å². The molecule has 0 heterocycles. The Bertz CT molecular complexity index is 117. The summed E-state index contributed by atoms with van der Waals surface area (Å²) >= 11 is 3.72. The number of hydrogen-bond donors (Lipinski definition) is 1. The van der Waals surface area contributed by atoms with Crippen LogP contribution in [-0.2, 0) is 4.79 Å². The van der Waals surface area contributed by atoms with E-state index < -0.39 is 0 Å². The van der Waals surface area contributed by atoms with Gasteiger partial charge in [-0.25, -0.2) is 0 Å². The summed E-state index contributed by atoms with van der Waals surface area (Å²) in [6, 6.07) is 0. The Labute approximate surface area is 110 Å². The second-order valence-electron chi connectivity index (χ2n) is 3.27. The average Bonchev–Trinajstić information content (AvgIpc) is 2.02. The van der Waals surface area contributed by atoms with Gasteiger partial charge >= 0.3 is 29.6 Å². The third-order valence-corrected chi connectivity index (χ3v) is 2.22. The molecule has 1 nitrogen and oxygen atoms in total. The van der Waals surface area contributed by atoms with E-state index in [0.717, 1.165) is 6.42 Å². The molecule has 3 heteroatoms. The van der Waals surface area contributed by atoms with Crippen molar-refractivity contribution >= 4 is 47.3 Å². The Morgan fingerprint density at radius 3 is 1.92 bits per heavy atom. The predicted molar refractivity (Wildman–Crippen MR) is 63.8 cm³/mol. The maximum absolute atomic E-state index is 10.4. The molecule has 0 amide bonds. The molecule has 0 radical (unpaired) electrons. The molecular formula is C10H21NaOS. The third-order valence-electron chi connectivity index (χ3n) is 1.99. The summed E-state index contributed by atoms with van der Waals surface area (Å²) in [7, 11) is 0. The van der Waals surface area contributed by atoms with Crippen LogP contribution in [0.2, 0.25) is 0 Å². The zero-order valence-corrected chi connectivity index (χ0v) is 8.91. The van der Waals surface area contributed by atoms with Crippen molar-refractivity contribution in [2.75, 3.05) is 0 Å². The van der Waals surface area contributed by atoms with E-state index in [0.29, 0.717) is 6.42 Å². The molecule has 0 atom stereocenters. The third kappa shape index (κ3) is 15.7. The second-order valence-corrected chi connectivity index (χ2v) is 3.76. The van der Waals surface area contributed by atoms with Crippen molar-refractivity contribution < 1.29 is 4.79 Å². The summed E-state index contributed by atoms with van der Waals surface area (Å²) in [6.07, 6.45) is 9.48. The first-order valence-electron chi connectivity index (χ1n) is 4.99. The molecule has 0 aromatic carbocycles. The van der Waals surface area contributed by atoms with Gasteiger partial charge < -0.3 is 0 Å². The number of carbonyl (C=O) groups excluding carboxylic acids is 1. The van der Waals surface area contributed by atoms with Crippen molar-refractivity contribution in [3.8, 4) is 0 Å². The fourth-order valence-corrected chi connectivity index (χ4v) is 1.39. The summed E-state index contributed by atoms with van der Waals surface area (Å²) in [6.45, 7) is 2.22. The van der Waals surface area contributed by atoms with Crippen LogP contribution in [-0.4, -0.2) is 34.7 Å². The van der Waals surface area contributed by atoms with Crippen molar-refractivity contribution in [3.05, 3.63) is 0 Å². The summed E-state index contributed by atoms with van der Waals surface area (Å²) < 4.78 is 0. The summed E-state index contributed by atoms with van der Waals surface area (Å²) in [5, 5.41) is 0.0311. The van der Waals surface area contributed by atoms with E-state index in [1.165, 1.54) is 38.5 Å². The quantitative estimate of drug-likeness (QED) is 0.372. The van der Waals surface area contributed by atoms with Gasteiger partial charge in [0, 0.05) is 6.42 Å². The van der Waals surface area contributed by atoms with Gasteiger partial charge in [0.25, 0.3) is 0 Å². The number of thiol groups is 1. The summed E-state index contributed by atoms with van der Waals surface area (Å²) in [4.78, 5) is 10.4. The standard InChI is InChI=1S/C10H20OS.Na.H/c1-2-3-4-5-6-7-8-9-10(11)12;;/h2-9H2,1H3,(H,11,12);;. The minimum atomic E-state index is 0. The normalized spacial score (nSPS) is 9.38. The van der Waals surface area contributed by atoms with Crippen LogP contribution < -0.4 is 0 Å². The summed E-state index contributed by atoms with van der Waals surface area (Å²) in [5.41, 5.74) is 0. The topological polar surface area (TPSA) is 17.1 Å². The molecule has 0 aromatic heterocycles. The monoisotopic (exact) mass is 212 g/mol. The van der Waals surface area contributed by atoms with E-state index in [2.05, 4.69) is 19.6 Å². The van der Waals surface area contributed by atoms with Crippen LogP contribution in [0.1, 0.15) is 58.3 Å². The summed E-state index contributed by atoms with van der Waals surface area (Å²) in [5.74, 6) is 0. The first-order valence-corrected chi connectivity index (χ1v) is 5.44. The van der Waals surface area contributed by atoms with Crippen molar-refractivity contribution in [1.29, 1.82) is 0 Å². The number of carbonyl (C=O) groups is 1. The SMILES string of the molecule is CCCCCCCCCC(=O)S.[NaH]. The van der Waals surface area contributed by atoms with E-state index in [1.807, 2.05) is 0 Å². The first kappa shape index (κ1) is 16.4. The number of unbranched alkanes of at least 4 members (excludes halogenated alkanes) is 6. The van der Waals surface area contributed by atoms with Gasteiger partial charge in [-0.15, -0.1) is 12.6 Å². The fraction of sp³-hybridized carbons (Fsp3) is 0.900. The van der Waals surface area contributed by atoms with Crippen molar-refractivity contribution in [1.82, 2.24) is 0 Å². The van der Waals surface area contributed by atoms with E-state index in [-0.39, 0.29) is 34.7 Å². The van der Waals surface area contributed by atoms with Gasteiger partial charge in [-0.05, 0) is 6.42 Å². The van der Waals surface area contributed by atoms with Gasteiger partial charge in [-0.3, -0.25) is 4.79 Å². The van der Waals surface area contributed by atoms with Crippen LogP contribution in [0.3, 0.4) is 0 Å². The molecule has 0 aromatic rings. The molecule has 0 saturated heterocycles. The maximum atomic E-state index is 10.4. The van der Waals surface area contributed by atoms with Gasteiger partial charge in [-0.2, -0.15) is 0 Å². The molecule has 0 rings (SSSR count). The first-order chi connectivity index (χ1) is 5.77. The Kier molecular flexibility index (Phi) is 16.5. The van der Waals surface area contributed by atoms with Crippen LogP contribution >= 0.6 is 12.6 Å². The van der Waals surface area contributed by atoms with Gasteiger partial charge in [-0.1, -0.05) is 45.4 Å². The Hall–Kier alpha value is 1.02. The van der Waals surface area contributed by atoms with E-state index in [9.17, 15) is 4.79 Å². The minimum absolute atomic E-state index is 0. The van der Waals surface area contributed by atoms with Crippen LogP contribution in [0, 0.1) is 0 Å². The van der Waals surface area contributed by atoms with Gasteiger partial charge in [0.05, 0.1) is 0 Å². The fourth-order valence-electron chi connectivity index (χ4n) is 1.23. The predicted octanol–water partition coefficient (Wildman–Crippen LogP) is 2.94. The van der Waals surface area contributed by atoms with Gasteiger partial charge in [0.1, 0.15) is 0 Å². The Balaban J connectivity index is 0. The molecule has 0 aliphatic rings. The van der Waals surface area contributed by atoms with Gasteiger partial charge in [0.15, 0.2) is 5.12 Å². The molecule has 0 bridgehead atoms. The second kappa shape index (κ2) is 13.0. The molecule has 0 aliphatic carbocycles. The van der Waals surface area contributed by atoms with E-state index >= 15 is 0 Å². The molecule has 0 fully saturated rings. The van der Waals surface area contributed by atoms with Gasteiger partial charge in [0.2, 0.25) is 0 Å². The molecular weight excluding hydrogens is 191 g/mol.